The lowest BCUT2D eigenvalue weighted by molar-refractivity contribution is -0.133. The monoisotopic (exact) mass is 286 g/mol. The van der Waals surface area contributed by atoms with E-state index in [9.17, 15) is 9.59 Å². The number of carbonyl (C=O) groups excluding carboxylic acids is 2. The highest BCUT2D eigenvalue weighted by Gasteiger charge is 2.24. The fourth-order valence-corrected chi connectivity index (χ4v) is 2.13. The van der Waals surface area contributed by atoms with Crippen LogP contribution in [0, 0.1) is 5.92 Å². The summed E-state index contributed by atoms with van der Waals surface area (Å²) in [5, 5.41) is 0. The van der Waals surface area contributed by atoms with Crippen LogP contribution < -0.4 is 22.9 Å². The van der Waals surface area contributed by atoms with Crippen LogP contribution in [0.1, 0.15) is 51.4 Å². The van der Waals surface area contributed by atoms with Crippen molar-refractivity contribution in [1.29, 1.82) is 0 Å². The number of hydrogen-bond donors (Lipinski definition) is 4. The van der Waals surface area contributed by atoms with E-state index in [4.69, 9.17) is 22.9 Å². The van der Waals surface area contributed by atoms with Gasteiger partial charge in [-0.15, -0.1) is 0 Å². The zero-order valence-corrected chi connectivity index (χ0v) is 12.4. The molecule has 0 aliphatic carbocycles. The first kappa shape index (κ1) is 19.2. The molecule has 0 saturated carbocycles. The van der Waals surface area contributed by atoms with Crippen molar-refractivity contribution >= 4 is 11.6 Å². The molecule has 0 aromatic heterocycles. The molecule has 118 valence electrons. The van der Waals surface area contributed by atoms with E-state index in [0.29, 0.717) is 51.6 Å². The Bertz CT molecular complexity index is 262. The highest BCUT2D eigenvalue weighted by Crippen LogP contribution is 2.17. The molecule has 0 saturated heterocycles. The second-order valence-corrected chi connectivity index (χ2v) is 5.22. The van der Waals surface area contributed by atoms with Crippen LogP contribution in [0.15, 0.2) is 0 Å². The molecular weight excluding hydrogens is 256 g/mol. The molecule has 0 bridgehead atoms. The number of unbranched alkanes of at least 4 members (excludes halogenated alkanes) is 1. The van der Waals surface area contributed by atoms with Crippen molar-refractivity contribution in [2.75, 3.05) is 13.1 Å². The van der Waals surface area contributed by atoms with Crippen LogP contribution in [0.3, 0.4) is 0 Å². The normalized spacial score (nSPS) is 11.3. The van der Waals surface area contributed by atoms with Crippen LogP contribution >= 0.6 is 0 Å². The fourth-order valence-electron chi connectivity index (χ4n) is 2.13. The summed E-state index contributed by atoms with van der Waals surface area (Å²) in [6.45, 7) is 0.939. The zero-order chi connectivity index (χ0) is 15.4. The second kappa shape index (κ2) is 12.0. The molecule has 0 heterocycles. The van der Waals surface area contributed by atoms with Crippen LogP contribution in [-0.4, -0.2) is 30.8 Å². The van der Waals surface area contributed by atoms with Gasteiger partial charge in [0.25, 0.3) is 0 Å². The molecule has 0 rings (SSSR count). The summed E-state index contributed by atoms with van der Waals surface area (Å²) in [5.74, 6) is -0.480. The molecule has 0 aliphatic heterocycles. The number of nitrogens with two attached hydrogens (primary N) is 4. The molecule has 0 amide bonds. The molecule has 6 heteroatoms. The molecule has 0 aromatic rings. The first-order valence-electron chi connectivity index (χ1n) is 7.49. The highest BCUT2D eigenvalue weighted by molar-refractivity contribution is 6.02. The Kier molecular flexibility index (Phi) is 11.5. The van der Waals surface area contributed by atoms with E-state index in [1.165, 1.54) is 0 Å². The van der Waals surface area contributed by atoms with E-state index in [-0.39, 0.29) is 17.7 Å². The van der Waals surface area contributed by atoms with Crippen molar-refractivity contribution in [2.24, 2.45) is 28.9 Å². The first-order chi connectivity index (χ1) is 9.52. The first-order valence-corrected chi connectivity index (χ1v) is 7.49. The van der Waals surface area contributed by atoms with Crippen LogP contribution in [0.2, 0.25) is 0 Å². The van der Waals surface area contributed by atoms with Crippen molar-refractivity contribution in [1.82, 2.24) is 0 Å². The maximum absolute atomic E-state index is 12.1. The summed E-state index contributed by atoms with van der Waals surface area (Å²) in [5.41, 5.74) is 21.8. The number of hydrogen-bond acceptors (Lipinski definition) is 6. The summed E-state index contributed by atoms with van der Waals surface area (Å²) in [7, 11) is 0. The van der Waals surface area contributed by atoms with Gasteiger partial charge in [-0.1, -0.05) is 12.8 Å². The van der Waals surface area contributed by atoms with Crippen LogP contribution in [0.5, 0.6) is 0 Å². The summed E-state index contributed by atoms with van der Waals surface area (Å²) >= 11 is 0. The van der Waals surface area contributed by atoms with Gasteiger partial charge in [-0.25, -0.2) is 0 Å². The topological polar surface area (TPSA) is 138 Å². The lowest BCUT2D eigenvalue weighted by Crippen LogP contribution is -2.30. The predicted octanol–water partition coefficient (Wildman–Crippen LogP) is 0.0225. The molecular formula is C14H30N4O2. The van der Waals surface area contributed by atoms with E-state index in [1.807, 2.05) is 0 Å². The van der Waals surface area contributed by atoms with Gasteiger partial charge >= 0.3 is 0 Å². The smallest absolute Gasteiger partial charge is 0.143 e. The van der Waals surface area contributed by atoms with Gasteiger partial charge in [0.1, 0.15) is 11.6 Å². The maximum atomic E-state index is 12.1. The van der Waals surface area contributed by atoms with Crippen LogP contribution in [-0.2, 0) is 9.59 Å². The molecule has 0 unspecified atom stereocenters. The molecule has 0 aliphatic rings. The Balaban J connectivity index is 4.30. The zero-order valence-electron chi connectivity index (χ0n) is 12.4. The average molecular weight is 286 g/mol. The second-order valence-electron chi connectivity index (χ2n) is 5.22. The third-order valence-electron chi connectivity index (χ3n) is 3.31. The Morgan fingerprint density at radius 3 is 1.60 bits per heavy atom. The summed E-state index contributed by atoms with van der Waals surface area (Å²) in [4.78, 5) is 24.2. The third-order valence-corrected chi connectivity index (χ3v) is 3.31. The molecule has 0 atom stereocenters. The molecule has 0 fully saturated rings. The predicted molar refractivity (Wildman–Crippen MR) is 80.7 cm³/mol. The quantitative estimate of drug-likeness (QED) is 0.214. The highest BCUT2D eigenvalue weighted by atomic mass is 16.1. The van der Waals surface area contributed by atoms with Gasteiger partial charge in [-0.05, 0) is 38.8 Å². The number of rotatable bonds is 13. The molecule has 6 nitrogen and oxygen atoms in total. The molecule has 0 spiro atoms. The summed E-state index contributed by atoms with van der Waals surface area (Å²) < 4.78 is 0. The number of ketones is 2. The van der Waals surface area contributed by atoms with E-state index >= 15 is 0 Å². The minimum Gasteiger partial charge on any atom is -0.330 e. The van der Waals surface area contributed by atoms with Crippen LogP contribution in [0.25, 0.3) is 0 Å². The SMILES string of the molecule is NCCCC(=O)C(CCCCC(N)N)C(=O)CCCN. The van der Waals surface area contributed by atoms with Crippen LogP contribution in [0.4, 0.5) is 0 Å². The third kappa shape index (κ3) is 9.14. The Morgan fingerprint density at radius 1 is 0.750 bits per heavy atom. The van der Waals surface area contributed by atoms with Crippen molar-refractivity contribution in [3.8, 4) is 0 Å². The maximum Gasteiger partial charge on any atom is 0.143 e. The standard InChI is InChI=1S/C14H30N4O2/c15-9-3-6-12(19)11(13(20)7-4-10-16)5-1-2-8-14(17)18/h11,14H,1-10,15-18H2. The summed E-state index contributed by atoms with van der Waals surface area (Å²) in [6.07, 6.45) is 4.62. The summed E-state index contributed by atoms with van der Waals surface area (Å²) in [6, 6.07) is 0. The number of carbonyl (C=O) groups is 2. The lowest BCUT2D eigenvalue weighted by Gasteiger charge is -2.15. The molecule has 0 radical (unpaired) electrons. The van der Waals surface area contributed by atoms with Crippen molar-refractivity contribution in [3.63, 3.8) is 0 Å². The van der Waals surface area contributed by atoms with Gasteiger partial charge in [0, 0.05) is 12.8 Å². The van der Waals surface area contributed by atoms with Gasteiger partial charge in [-0.3, -0.25) is 9.59 Å². The fraction of sp³-hybridized carbons (Fsp3) is 0.857. The Labute approximate surface area is 121 Å². The Morgan fingerprint density at radius 2 is 1.20 bits per heavy atom. The Hall–Kier alpha value is -0.820. The number of Topliss-reactive ketones (excluding diaryl/α,β-unsaturated/α-hetero) is 2. The molecule has 20 heavy (non-hydrogen) atoms. The lowest BCUT2D eigenvalue weighted by atomic mass is 9.88. The molecule has 0 aromatic carbocycles. The van der Waals surface area contributed by atoms with E-state index in [0.717, 1.165) is 12.8 Å². The van der Waals surface area contributed by atoms with Crippen molar-refractivity contribution in [3.05, 3.63) is 0 Å². The average Bonchev–Trinajstić information content (AvgIpc) is 2.41. The van der Waals surface area contributed by atoms with Gasteiger partial charge in [0.2, 0.25) is 0 Å². The minimum absolute atomic E-state index is 0.00881. The van der Waals surface area contributed by atoms with E-state index < -0.39 is 5.92 Å². The van der Waals surface area contributed by atoms with Gasteiger partial charge in [0.05, 0.1) is 12.1 Å². The van der Waals surface area contributed by atoms with Gasteiger partial charge in [-0.2, -0.15) is 0 Å². The molecule has 8 N–H and O–H groups in total. The van der Waals surface area contributed by atoms with E-state index in [2.05, 4.69) is 0 Å². The van der Waals surface area contributed by atoms with Crippen molar-refractivity contribution < 1.29 is 9.59 Å². The largest absolute Gasteiger partial charge is 0.330 e. The van der Waals surface area contributed by atoms with Gasteiger partial charge < -0.3 is 22.9 Å². The van der Waals surface area contributed by atoms with E-state index in [1.54, 1.807) is 0 Å². The van der Waals surface area contributed by atoms with Gasteiger partial charge in [0.15, 0.2) is 0 Å². The minimum atomic E-state index is -0.498. The van der Waals surface area contributed by atoms with Crippen molar-refractivity contribution in [2.45, 2.75) is 57.5 Å².